The molecule has 4 nitrogen and oxygen atoms in total. The fourth-order valence-corrected chi connectivity index (χ4v) is 2.99. The van der Waals surface area contributed by atoms with E-state index in [0.29, 0.717) is 12.0 Å². The molecule has 0 saturated heterocycles. The molecule has 3 aromatic rings. The third-order valence-electron chi connectivity index (χ3n) is 4.34. The predicted octanol–water partition coefficient (Wildman–Crippen LogP) is 4.14. The Hall–Kier alpha value is -2.85. The van der Waals surface area contributed by atoms with Gasteiger partial charge in [0.1, 0.15) is 0 Å². The van der Waals surface area contributed by atoms with Gasteiger partial charge in [-0.3, -0.25) is 4.79 Å². The van der Waals surface area contributed by atoms with Gasteiger partial charge in [0.05, 0.1) is 18.6 Å². The van der Waals surface area contributed by atoms with Gasteiger partial charge in [0.15, 0.2) is 0 Å². The summed E-state index contributed by atoms with van der Waals surface area (Å²) in [4.78, 5) is 14.7. The highest BCUT2D eigenvalue weighted by Gasteiger charge is 2.22. The van der Waals surface area contributed by atoms with Gasteiger partial charge in [-0.1, -0.05) is 42.5 Å². The van der Waals surface area contributed by atoms with Gasteiger partial charge in [-0.05, 0) is 35.7 Å². The smallest absolute Gasteiger partial charge is 0.254 e. The number of hydrogen-bond donors (Lipinski definition) is 1. The lowest BCUT2D eigenvalue weighted by molar-refractivity contribution is 0.0705. The van der Waals surface area contributed by atoms with Crippen LogP contribution in [0.1, 0.15) is 28.4 Å². The lowest BCUT2D eigenvalue weighted by Gasteiger charge is -2.28. The molecule has 0 saturated carbocycles. The number of amides is 1. The van der Waals surface area contributed by atoms with Gasteiger partial charge in [0, 0.05) is 24.8 Å². The highest BCUT2D eigenvalue weighted by molar-refractivity contribution is 5.95. The lowest BCUT2D eigenvalue weighted by Crippen LogP contribution is -2.31. The Morgan fingerprint density at radius 2 is 1.88 bits per heavy atom. The van der Waals surface area contributed by atoms with E-state index in [1.807, 2.05) is 60.7 Å². The molecule has 1 aromatic heterocycles. The average Bonchev–Trinajstić information content (AvgIpc) is 3.20. The number of hydrogen-bond acceptors (Lipinski definition) is 3. The van der Waals surface area contributed by atoms with Crippen LogP contribution in [0.3, 0.4) is 0 Å². The summed E-state index contributed by atoms with van der Waals surface area (Å²) in [7, 11) is 1.78. The highest BCUT2D eigenvalue weighted by atomic mass is 16.3. The molecule has 1 amide bonds. The van der Waals surface area contributed by atoms with Crippen molar-refractivity contribution < 1.29 is 14.3 Å². The van der Waals surface area contributed by atoms with Crippen LogP contribution in [0.4, 0.5) is 0 Å². The fraction of sp³-hybridized carbons (Fsp3) is 0.190. The van der Waals surface area contributed by atoms with Crippen LogP contribution in [0.2, 0.25) is 0 Å². The minimum Gasteiger partial charge on any atom is -0.472 e. The number of carbonyl (C=O) groups excluding carboxylic acids is 1. The van der Waals surface area contributed by atoms with Gasteiger partial charge >= 0.3 is 0 Å². The van der Waals surface area contributed by atoms with Crippen molar-refractivity contribution in [2.45, 2.75) is 12.5 Å². The topological polar surface area (TPSA) is 53.7 Å². The highest BCUT2D eigenvalue weighted by Crippen LogP contribution is 2.26. The molecule has 2 aromatic carbocycles. The molecule has 1 atom stereocenters. The number of aliphatic hydroxyl groups is 1. The van der Waals surface area contributed by atoms with Gasteiger partial charge in [-0.15, -0.1) is 0 Å². The van der Waals surface area contributed by atoms with E-state index in [1.165, 1.54) is 0 Å². The molecule has 4 heteroatoms. The zero-order valence-electron chi connectivity index (χ0n) is 14.1. The second-order valence-electron chi connectivity index (χ2n) is 5.95. The van der Waals surface area contributed by atoms with E-state index in [9.17, 15) is 9.90 Å². The quantitative estimate of drug-likeness (QED) is 0.736. The maximum Gasteiger partial charge on any atom is 0.254 e. The van der Waals surface area contributed by atoms with Crippen molar-refractivity contribution in [3.05, 3.63) is 84.3 Å². The second-order valence-corrected chi connectivity index (χ2v) is 5.95. The second kappa shape index (κ2) is 7.81. The van der Waals surface area contributed by atoms with Crippen LogP contribution < -0.4 is 0 Å². The van der Waals surface area contributed by atoms with Crippen LogP contribution >= 0.6 is 0 Å². The van der Waals surface area contributed by atoms with Crippen molar-refractivity contribution in [3.8, 4) is 11.1 Å². The third-order valence-corrected chi connectivity index (χ3v) is 4.34. The standard InChI is InChI=1S/C21H21NO3/c1-22(20(10-12-23)16-6-3-2-4-7-16)21(24)18-9-5-8-17(14-18)19-11-13-25-15-19/h2-9,11,13-15,20,23H,10,12H2,1H3. The Morgan fingerprint density at radius 1 is 1.08 bits per heavy atom. The molecule has 0 aliphatic heterocycles. The minimum absolute atomic E-state index is 0.0201. The van der Waals surface area contributed by atoms with Crippen molar-refractivity contribution in [1.29, 1.82) is 0 Å². The van der Waals surface area contributed by atoms with Crippen LogP contribution in [-0.4, -0.2) is 29.6 Å². The summed E-state index contributed by atoms with van der Waals surface area (Å²) in [6, 6.07) is 19.0. The molecule has 0 aliphatic carbocycles. The first-order valence-electron chi connectivity index (χ1n) is 8.26. The molecule has 0 fully saturated rings. The molecule has 0 spiro atoms. The molecule has 0 radical (unpaired) electrons. The maximum atomic E-state index is 13.0. The Balaban J connectivity index is 1.87. The molecule has 3 rings (SSSR count). The van der Waals surface area contributed by atoms with Gasteiger partial charge in [0.25, 0.3) is 5.91 Å². The number of carbonyl (C=O) groups is 1. The van der Waals surface area contributed by atoms with Crippen LogP contribution in [0.25, 0.3) is 11.1 Å². The zero-order valence-corrected chi connectivity index (χ0v) is 14.1. The summed E-state index contributed by atoms with van der Waals surface area (Å²) in [5, 5.41) is 9.42. The van der Waals surface area contributed by atoms with E-state index in [0.717, 1.165) is 16.7 Å². The van der Waals surface area contributed by atoms with E-state index in [-0.39, 0.29) is 18.6 Å². The summed E-state index contributed by atoms with van der Waals surface area (Å²) >= 11 is 0. The van der Waals surface area contributed by atoms with Crippen LogP contribution in [0.5, 0.6) is 0 Å². The number of aliphatic hydroxyl groups excluding tert-OH is 1. The average molecular weight is 335 g/mol. The van der Waals surface area contributed by atoms with Crippen LogP contribution in [0, 0.1) is 0 Å². The van der Waals surface area contributed by atoms with E-state index in [2.05, 4.69) is 0 Å². The first kappa shape index (κ1) is 17.0. The number of furan rings is 1. The zero-order chi connectivity index (χ0) is 17.6. The Kier molecular flexibility index (Phi) is 5.31. The normalized spacial score (nSPS) is 11.9. The number of benzene rings is 2. The summed E-state index contributed by atoms with van der Waals surface area (Å²) in [6.07, 6.45) is 3.77. The SMILES string of the molecule is CN(C(=O)c1cccc(-c2ccoc2)c1)C(CCO)c1ccccc1. The van der Waals surface area contributed by atoms with Crippen molar-refractivity contribution in [2.75, 3.05) is 13.7 Å². The minimum atomic E-state index is -0.170. The molecule has 1 heterocycles. The molecule has 0 bridgehead atoms. The molecule has 1 N–H and O–H groups in total. The molecule has 0 aliphatic rings. The van der Waals surface area contributed by atoms with Gasteiger partial charge in [0.2, 0.25) is 0 Å². The summed E-state index contributed by atoms with van der Waals surface area (Å²) < 4.78 is 5.12. The third kappa shape index (κ3) is 3.80. The largest absolute Gasteiger partial charge is 0.472 e. The monoisotopic (exact) mass is 335 g/mol. The van der Waals surface area contributed by atoms with Gasteiger partial charge in [-0.25, -0.2) is 0 Å². The maximum absolute atomic E-state index is 13.0. The van der Waals surface area contributed by atoms with Crippen molar-refractivity contribution >= 4 is 5.91 Å². The summed E-state index contributed by atoms with van der Waals surface area (Å²) in [5.74, 6) is -0.0763. The molecular weight excluding hydrogens is 314 g/mol. The van der Waals surface area contributed by atoms with Crippen molar-refractivity contribution in [1.82, 2.24) is 4.90 Å². The molecular formula is C21H21NO3. The number of nitrogens with zero attached hydrogens (tertiary/aromatic N) is 1. The van der Waals surface area contributed by atoms with Gasteiger partial charge < -0.3 is 14.4 Å². The van der Waals surface area contributed by atoms with Crippen LogP contribution in [-0.2, 0) is 0 Å². The molecule has 1 unspecified atom stereocenters. The van der Waals surface area contributed by atoms with Gasteiger partial charge in [-0.2, -0.15) is 0 Å². The first-order chi connectivity index (χ1) is 12.2. The van der Waals surface area contributed by atoms with E-state index < -0.39 is 0 Å². The number of rotatable bonds is 6. The van der Waals surface area contributed by atoms with E-state index in [4.69, 9.17) is 4.42 Å². The van der Waals surface area contributed by atoms with Crippen molar-refractivity contribution in [2.24, 2.45) is 0 Å². The summed E-state index contributed by atoms with van der Waals surface area (Å²) in [5.41, 5.74) is 3.50. The fourth-order valence-electron chi connectivity index (χ4n) is 2.99. The molecule has 25 heavy (non-hydrogen) atoms. The Labute approximate surface area is 147 Å². The molecule has 128 valence electrons. The first-order valence-corrected chi connectivity index (χ1v) is 8.26. The van der Waals surface area contributed by atoms with E-state index in [1.54, 1.807) is 24.5 Å². The Bertz CT molecular complexity index is 812. The van der Waals surface area contributed by atoms with E-state index >= 15 is 0 Å². The van der Waals surface area contributed by atoms with Crippen molar-refractivity contribution in [3.63, 3.8) is 0 Å². The Morgan fingerprint density at radius 3 is 2.56 bits per heavy atom. The van der Waals surface area contributed by atoms with Crippen LogP contribution in [0.15, 0.2) is 77.6 Å². The summed E-state index contributed by atoms with van der Waals surface area (Å²) in [6.45, 7) is 0.0201. The lowest BCUT2D eigenvalue weighted by atomic mass is 10.0. The predicted molar refractivity (Wildman–Crippen MR) is 97.1 cm³/mol.